The third-order valence-corrected chi connectivity index (χ3v) is 1.74. The molecule has 1 unspecified atom stereocenters. The van der Waals surface area contributed by atoms with Crippen LogP contribution in [0.1, 0.15) is 17.3 Å². The summed E-state index contributed by atoms with van der Waals surface area (Å²) in [4.78, 5) is 10.4. The lowest BCUT2D eigenvalue weighted by Crippen LogP contribution is -2.22. The molecule has 4 heteroatoms. The Bertz CT molecular complexity index is 294. The molecule has 0 saturated heterocycles. The van der Waals surface area contributed by atoms with Gasteiger partial charge in [0, 0.05) is 12.7 Å². The van der Waals surface area contributed by atoms with Crippen LogP contribution in [0.3, 0.4) is 0 Å². The summed E-state index contributed by atoms with van der Waals surface area (Å²) in [5.41, 5.74) is 0.604. The van der Waals surface area contributed by atoms with E-state index in [0.717, 1.165) is 6.29 Å². The molecule has 0 amide bonds. The van der Waals surface area contributed by atoms with E-state index in [1.807, 2.05) is 6.92 Å². The summed E-state index contributed by atoms with van der Waals surface area (Å²) in [5, 5.41) is 0. The van der Waals surface area contributed by atoms with Gasteiger partial charge in [0.25, 0.3) is 0 Å². The fourth-order valence-electron chi connectivity index (χ4n) is 1.02. The Hall–Kier alpha value is -1.39. The predicted molar refractivity (Wildman–Crippen MR) is 54.9 cm³/mol. The van der Waals surface area contributed by atoms with Gasteiger partial charge in [0.15, 0.2) is 0 Å². The first kappa shape index (κ1) is 11.7. The number of benzene rings is 1. The molecule has 0 aliphatic rings. The number of carbonyl (C=O) groups excluding carboxylic acids is 1. The number of rotatable bonds is 6. The smallest absolute Gasteiger partial charge is 0.315 e. The first-order valence-corrected chi connectivity index (χ1v) is 4.66. The minimum absolute atomic E-state index is 0.505. The number of ether oxygens (including phenoxy) is 3. The summed E-state index contributed by atoms with van der Waals surface area (Å²) < 4.78 is 15.4. The molecule has 0 aliphatic carbocycles. The van der Waals surface area contributed by atoms with E-state index in [9.17, 15) is 4.79 Å². The van der Waals surface area contributed by atoms with Crippen molar-refractivity contribution in [2.75, 3.05) is 13.7 Å². The molecule has 0 bridgehead atoms. The molecular formula is C11H14O4. The van der Waals surface area contributed by atoms with Crippen molar-refractivity contribution in [3.8, 4) is 5.75 Å². The molecule has 0 saturated carbocycles. The molecule has 0 spiro atoms. The summed E-state index contributed by atoms with van der Waals surface area (Å²) in [6, 6.07) is 6.71. The first-order chi connectivity index (χ1) is 7.30. The second-order valence-electron chi connectivity index (χ2n) is 2.78. The summed E-state index contributed by atoms with van der Waals surface area (Å²) >= 11 is 0. The molecular weight excluding hydrogens is 196 g/mol. The van der Waals surface area contributed by atoms with Gasteiger partial charge in [0.1, 0.15) is 12.0 Å². The van der Waals surface area contributed by atoms with Crippen LogP contribution >= 0.6 is 0 Å². The molecule has 82 valence electrons. The Morgan fingerprint density at radius 3 is 2.47 bits per heavy atom. The zero-order chi connectivity index (χ0) is 11.1. The van der Waals surface area contributed by atoms with Gasteiger partial charge in [-0.15, -0.1) is 0 Å². The van der Waals surface area contributed by atoms with Gasteiger partial charge in [0.2, 0.25) is 0 Å². The van der Waals surface area contributed by atoms with E-state index in [1.165, 1.54) is 7.11 Å². The van der Waals surface area contributed by atoms with Crippen LogP contribution in [0, 0.1) is 0 Å². The van der Waals surface area contributed by atoms with Crippen LogP contribution in [0.25, 0.3) is 0 Å². The summed E-state index contributed by atoms with van der Waals surface area (Å²) in [6.07, 6.45) is 0.778. The SMILES string of the molecule is CCOC(OC)Oc1ccc(C=O)cc1. The van der Waals surface area contributed by atoms with E-state index >= 15 is 0 Å². The molecule has 0 radical (unpaired) electrons. The maximum Gasteiger partial charge on any atom is 0.315 e. The quantitative estimate of drug-likeness (QED) is 0.531. The van der Waals surface area contributed by atoms with Crippen LogP contribution in [-0.2, 0) is 9.47 Å². The topological polar surface area (TPSA) is 44.8 Å². The fourth-order valence-corrected chi connectivity index (χ4v) is 1.02. The van der Waals surface area contributed by atoms with Crippen LogP contribution in [0.2, 0.25) is 0 Å². The normalized spacial score (nSPS) is 12.1. The van der Waals surface area contributed by atoms with Crippen LogP contribution in [0.15, 0.2) is 24.3 Å². The molecule has 0 N–H and O–H groups in total. The van der Waals surface area contributed by atoms with Crippen LogP contribution in [-0.4, -0.2) is 26.5 Å². The Balaban J connectivity index is 2.58. The standard InChI is InChI=1S/C11H14O4/c1-3-14-11(13-2)15-10-6-4-9(8-12)5-7-10/h4-8,11H,3H2,1-2H3. The second kappa shape index (κ2) is 6.16. The van der Waals surface area contributed by atoms with E-state index in [2.05, 4.69) is 0 Å². The van der Waals surface area contributed by atoms with Crippen LogP contribution < -0.4 is 4.74 Å². The van der Waals surface area contributed by atoms with Crippen molar-refractivity contribution >= 4 is 6.29 Å². The van der Waals surface area contributed by atoms with Gasteiger partial charge >= 0.3 is 6.48 Å². The molecule has 0 fully saturated rings. The van der Waals surface area contributed by atoms with Gasteiger partial charge in [-0.1, -0.05) is 0 Å². The van der Waals surface area contributed by atoms with Gasteiger partial charge in [-0.3, -0.25) is 4.79 Å². The third-order valence-electron chi connectivity index (χ3n) is 1.74. The highest BCUT2D eigenvalue weighted by atomic mass is 16.8. The highest BCUT2D eigenvalue weighted by Crippen LogP contribution is 2.13. The van der Waals surface area contributed by atoms with Gasteiger partial charge < -0.3 is 14.2 Å². The Morgan fingerprint density at radius 1 is 1.33 bits per heavy atom. The molecule has 0 aliphatic heterocycles. The van der Waals surface area contributed by atoms with Crippen molar-refractivity contribution in [1.29, 1.82) is 0 Å². The highest BCUT2D eigenvalue weighted by Gasteiger charge is 2.07. The molecule has 0 heterocycles. The van der Waals surface area contributed by atoms with Crippen LogP contribution in [0.5, 0.6) is 5.75 Å². The molecule has 1 aromatic carbocycles. The number of carbonyl (C=O) groups is 1. The summed E-state index contributed by atoms with van der Waals surface area (Å²) in [7, 11) is 1.50. The van der Waals surface area contributed by atoms with Crippen molar-refractivity contribution in [2.24, 2.45) is 0 Å². The van der Waals surface area contributed by atoms with Gasteiger partial charge in [0.05, 0.1) is 6.61 Å². The predicted octanol–water partition coefficient (Wildman–Crippen LogP) is 1.84. The van der Waals surface area contributed by atoms with Crippen molar-refractivity contribution in [3.63, 3.8) is 0 Å². The van der Waals surface area contributed by atoms with E-state index in [0.29, 0.717) is 17.9 Å². The zero-order valence-corrected chi connectivity index (χ0v) is 8.80. The molecule has 1 rings (SSSR count). The Morgan fingerprint density at radius 2 is 2.00 bits per heavy atom. The van der Waals surface area contributed by atoms with Crippen LogP contribution in [0.4, 0.5) is 0 Å². The lowest BCUT2D eigenvalue weighted by atomic mass is 10.2. The van der Waals surface area contributed by atoms with Gasteiger partial charge in [-0.2, -0.15) is 0 Å². The van der Waals surface area contributed by atoms with E-state index in [4.69, 9.17) is 14.2 Å². The minimum atomic E-state index is -0.711. The number of aldehydes is 1. The summed E-state index contributed by atoms with van der Waals surface area (Å²) in [6.45, 7) is 1.65. The van der Waals surface area contributed by atoms with Crippen molar-refractivity contribution in [2.45, 2.75) is 13.4 Å². The highest BCUT2D eigenvalue weighted by molar-refractivity contribution is 5.74. The maximum atomic E-state index is 10.4. The maximum absolute atomic E-state index is 10.4. The monoisotopic (exact) mass is 210 g/mol. The zero-order valence-electron chi connectivity index (χ0n) is 8.80. The molecule has 1 aromatic rings. The number of hydrogen-bond donors (Lipinski definition) is 0. The van der Waals surface area contributed by atoms with Gasteiger partial charge in [-0.25, -0.2) is 0 Å². The van der Waals surface area contributed by atoms with Crippen molar-refractivity contribution in [3.05, 3.63) is 29.8 Å². The average molecular weight is 210 g/mol. The summed E-state index contributed by atoms with van der Waals surface area (Å²) in [5.74, 6) is 0.598. The molecule has 4 nitrogen and oxygen atoms in total. The Kier molecular flexibility index (Phi) is 4.80. The first-order valence-electron chi connectivity index (χ1n) is 4.66. The third kappa shape index (κ3) is 3.69. The minimum Gasteiger partial charge on any atom is -0.441 e. The lowest BCUT2D eigenvalue weighted by molar-refractivity contribution is -0.231. The molecule has 15 heavy (non-hydrogen) atoms. The fraction of sp³-hybridized carbons (Fsp3) is 0.364. The molecule has 0 aromatic heterocycles. The lowest BCUT2D eigenvalue weighted by Gasteiger charge is -2.16. The van der Waals surface area contributed by atoms with Gasteiger partial charge in [-0.05, 0) is 31.2 Å². The second-order valence-corrected chi connectivity index (χ2v) is 2.78. The van der Waals surface area contributed by atoms with Crippen molar-refractivity contribution in [1.82, 2.24) is 0 Å². The van der Waals surface area contributed by atoms with E-state index < -0.39 is 6.48 Å². The average Bonchev–Trinajstić information content (AvgIpc) is 2.29. The molecule has 1 atom stereocenters. The number of methoxy groups -OCH3 is 1. The largest absolute Gasteiger partial charge is 0.441 e. The van der Waals surface area contributed by atoms with E-state index in [-0.39, 0.29) is 0 Å². The Labute approximate surface area is 88.8 Å². The van der Waals surface area contributed by atoms with Crippen molar-refractivity contribution < 1.29 is 19.0 Å². The van der Waals surface area contributed by atoms with E-state index in [1.54, 1.807) is 24.3 Å². The number of hydrogen-bond acceptors (Lipinski definition) is 4.